The molecule has 7 heteroatoms. The number of halogens is 1. The lowest BCUT2D eigenvalue weighted by molar-refractivity contribution is 0.0190. The van der Waals surface area contributed by atoms with Crippen LogP contribution < -0.4 is 10.6 Å². The predicted octanol–water partition coefficient (Wildman–Crippen LogP) is 3.21. The Morgan fingerprint density at radius 3 is 2.17 bits per heavy atom. The van der Waals surface area contributed by atoms with Gasteiger partial charge in [-0.05, 0) is 54.9 Å². The number of hydrogen-bond donors (Lipinski definition) is 2. The molecule has 0 atom stereocenters. The Morgan fingerprint density at radius 2 is 1.78 bits per heavy atom. The van der Waals surface area contributed by atoms with E-state index in [4.69, 9.17) is 4.74 Å². The van der Waals surface area contributed by atoms with Crippen molar-refractivity contribution in [3.05, 3.63) is 0 Å². The zero-order chi connectivity index (χ0) is 17.3. The summed E-state index contributed by atoms with van der Waals surface area (Å²) in [5.41, 5.74) is -0.467. The molecule has 0 aliphatic rings. The van der Waals surface area contributed by atoms with Gasteiger partial charge in [0.2, 0.25) is 0 Å². The van der Waals surface area contributed by atoms with E-state index in [9.17, 15) is 4.79 Å². The van der Waals surface area contributed by atoms with Crippen molar-refractivity contribution in [2.24, 2.45) is 4.99 Å². The van der Waals surface area contributed by atoms with Crippen LogP contribution in [0.4, 0.5) is 4.79 Å². The largest absolute Gasteiger partial charge is 0.444 e. The van der Waals surface area contributed by atoms with Crippen molar-refractivity contribution in [2.45, 2.75) is 72.6 Å². The van der Waals surface area contributed by atoms with Crippen LogP contribution in [0.3, 0.4) is 0 Å². The van der Waals surface area contributed by atoms with Crippen LogP contribution in [0, 0.1) is 0 Å². The second-order valence-corrected chi connectivity index (χ2v) is 6.92. The van der Waals surface area contributed by atoms with E-state index in [0.29, 0.717) is 12.6 Å². The number of guanidine groups is 1. The predicted molar refractivity (Wildman–Crippen MR) is 108 cm³/mol. The highest BCUT2D eigenvalue weighted by Crippen LogP contribution is 2.12. The summed E-state index contributed by atoms with van der Waals surface area (Å²) in [5.74, 6) is 0.781. The highest BCUT2D eigenvalue weighted by Gasteiger charge is 2.23. The van der Waals surface area contributed by atoms with Gasteiger partial charge in [0, 0.05) is 32.2 Å². The van der Waals surface area contributed by atoms with Crippen molar-refractivity contribution >= 4 is 36.0 Å². The minimum atomic E-state index is -0.467. The molecule has 0 radical (unpaired) electrons. The molecular weight excluding hydrogens is 407 g/mol. The van der Waals surface area contributed by atoms with Gasteiger partial charge in [0.05, 0.1) is 0 Å². The molecular formula is C16H35IN4O2. The van der Waals surface area contributed by atoms with Gasteiger partial charge >= 0.3 is 6.09 Å². The molecule has 0 fully saturated rings. The fraction of sp³-hybridized carbons (Fsp3) is 0.875. The number of ether oxygens (including phenoxy) is 1. The Balaban J connectivity index is 0. The summed E-state index contributed by atoms with van der Waals surface area (Å²) in [5, 5.41) is 6.47. The minimum absolute atomic E-state index is 0. The first-order valence-electron chi connectivity index (χ1n) is 8.03. The average molecular weight is 442 g/mol. The number of carbonyl (C=O) groups excluding carboxylic acids is 1. The molecule has 0 aromatic heterocycles. The van der Waals surface area contributed by atoms with Crippen molar-refractivity contribution in [1.82, 2.24) is 15.5 Å². The molecule has 0 rings (SSSR count). The molecule has 0 spiro atoms. The van der Waals surface area contributed by atoms with Crippen molar-refractivity contribution in [1.29, 1.82) is 0 Å². The van der Waals surface area contributed by atoms with Crippen LogP contribution in [-0.2, 0) is 4.74 Å². The van der Waals surface area contributed by atoms with E-state index in [0.717, 1.165) is 18.9 Å². The lowest BCUT2D eigenvalue weighted by Gasteiger charge is -2.30. The van der Waals surface area contributed by atoms with Gasteiger partial charge in [0.15, 0.2) is 5.96 Å². The second kappa shape index (κ2) is 11.8. The van der Waals surface area contributed by atoms with Gasteiger partial charge in [0.1, 0.15) is 5.60 Å². The topological polar surface area (TPSA) is 66.0 Å². The second-order valence-electron chi connectivity index (χ2n) is 6.92. The average Bonchev–Trinajstić information content (AvgIpc) is 2.33. The normalized spacial score (nSPS) is 12.0. The summed E-state index contributed by atoms with van der Waals surface area (Å²) in [6, 6.07) is 0.447. The highest BCUT2D eigenvalue weighted by atomic mass is 127. The van der Waals surface area contributed by atoms with Crippen LogP contribution in [-0.4, -0.2) is 54.8 Å². The van der Waals surface area contributed by atoms with Gasteiger partial charge in [-0.15, -0.1) is 24.0 Å². The first-order chi connectivity index (χ1) is 10.1. The number of aliphatic imine (C=N–C) groups is 1. The summed E-state index contributed by atoms with van der Waals surface area (Å²) >= 11 is 0. The van der Waals surface area contributed by atoms with E-state index in [2.05, 4.69) is 29.5 Å². The van der Waals surface area contributed by atoms with Crippen molar-refractivity contribution in [2.75, 3.05) is 20.1 Å². The maximum atomic E-state index is 12.2. The van der Waals surface area contributed by atoms with Gasteiger partial charge in [-0.3, -0.25) is 4.99 Å². The van der Waals surface area contributed by atoms with Gasteiger partial charge in [0.25, 0.3) is 0 Å². The maximum absolute atomic E-state index is 12.2. The van der Waals surface area contributed by atoms with Crippen molar-refractivity contribution in [3.63, 3.8) is 0 Å². The Morgan fingerprint density at radius 1 is 1.22 bits per heavy atom. The lowest BCUT2D eigenvalue weighted by Crippen LogP contribution is -2.44. The fourth-order valence-corrected chi connectivity index (χ4v) is 1.81. The zero-order valence-corrected chi connectivity index (χ0v) is 18.2. The van der Waals surface area contributed by atoms with E-state index in [-0.39, 0.29) is 36.1 Å². The summed E-state index contributed by atoms with van der Waals surface area (Å²) in [4.78, 5) is 18.1. The van der Waals surface area contributed by atoms with Gasteiger partial charge in [-0.2, -0.15) is 0 Å². The number of carbonyl (C=O) groups is 1. The molecule has 23 heavy (non-hydrogen) atoms. The molecule has 1 amide bonds. The van der Waals surface area contributed by atoms with Crippen LogP contribution in [0.15, 0.2) is 4.99 Å². The zero-order valence-electron chi connectivity index (χ0n) is 15.9. The Hall–Kier alpha value is -0.730. The molecule has 0 bridgehead atoms. The summed E-state index contributed by atoms with van der Waals surface area (Å²) in [6.45, 7) is 15.2. The van der Waals surface area contributed by atoms with Gasteiger partial charge < -0.3 is 20.3 Å². The first kappa shape index (κ1) is 24.5. The number of amides is 1. The summed E-state index contributed by atoms with van der Waals surface area (Å²) < 4.78 is 5.44. The van der Waals surface area contributed by atoms with Crippen LogP contribution in [0.25, 0.3) is 0 Å². The number of hydrogen-bond acceptors (Lipinski definition) is 3. The SMILES string of the molecule is CN=C(NCCCN(C(=O)OC(C)(C)C)C(C)C)NC(C)C.I. The van der Waals surface area contributed by atoms with E-state index in [1.165, 1.54) is 0 Å². The summed E-state index contributed by atoms with van der Waals surface area (Å²) in [6.07, 6.45) is 0.572. The van der Waals surface area contributed by atoms with Crippen LogP contribution in [0.1, 0.15) is 54.9 Å². The molecule has 0 aliphatic heterocycles. The van der Waals surface area contributed by atoms with Crippen LogP contribution in [0.5, 0.6) is 0 Å². The Bertz CT molecular complexity index is 366. The maximum Gasteiger partial charge on any atom is 0.410 e. The van der Waals surface area contributed by atoms with E-state index < -0.39 is 5.60 Å². The van der Waals surface area contributed by atoms with E-state index in [1.807, 2.05) is 34.6 Å². The first-order valence-corrected chi connectivity index (χ1v) is 8.03. The van der Waals surface area contributed by atoms with Gasteiger partial charge in [-0.25, -0.2) is 4.79 Å². The number of nitrogens with one attached hydrogen (secondary N) is 2. The van der Waals surface area contributed by atoms with Gasteiger partial charge in [-0.1, -0.05) is 0 Å². The van der Waals surface area contributed by atoms with Crippen molar-refractivity contribution < 1.29 is 9.53 Å². The number of rotatable bonds is 6. The molecule has 0 heterocycles. The smallest absolute Gasteiger partial charge is 0.410 e. The lowest BCUT2D eigenvalue weighted by atomic mass is 10.2. The van der Waals surface area contributed by atoms with Crippen LogP contribution in [0.2, 0.25) is 0 Å². The Kier molecular flexibility index (Phi) is 12.5. The molecule has 0 aromatic carbocycles. The molecule has 0 aromatic rings. The molecule has 138 valence electrons. The fourth-order valence-electron chi connectivity index (χ4n) is 1.81. The molecule has 0 aliphatic carbocycles. The summed E-state index contributed by atoms with van der Waals surface area (Å²) in [7, 11) is 1.75. The van der Waals surface area contributed by atoms with E-state index >= 15 is 0 Å². The minimum Gasteiger partial charge on any atom is -0.444 e. The third-order valence-corrected chi connectivity index (χ3v) is 2.77. The quantitative estimate of drug-likeness (QED) is 0.287. The highest BCUT2D eigenvalue weighted by molar-refractivity contribution is 14.0. The monoisotopic (exact) mass is 442 g/mol. The Labute approximate surface area is 158 Å². The van der Waals surface area contributed by atoms with Crippen molar-refractivity contribution in [3.8, 4) is 0 Å². The molecule has 6 nitrogen and oxygen atoms in total. The third-order valence-electron chi connectivity index (χ3n) is 2.77. The number of nitrogens with zero attached hydrogens (tertiary/aromatic N) is 2. The molecule has 0 saturated carbocycles. The third kappa shape index (κ3) is 12.4. The van der Waals surface area contributed by atoms with Crippen LogP contribution >= 0.6 is 24.0 Å². The molecule has 0 saturated heterocycles. The standard InChI is InChI=1S/C16H34N4O2.HI/c1-12(2)19-14(17-8)18-10-9-11-20(13(3)4)15(21)22-16(5,6)7;/h12-13H,9-11H2,1-8H3,(H2,17,18,19);1H. The molecule has 0 unspecified atom stereocenters. The van der Waals surface area contributed by atoms with E-state index in [1.54, 1.807) is 11.9 Å². The molecule has 2 N–H and O–H groups in total.